The number of rotatable bonds is 5. The molecule has 0 fully saturated rings. The molecule has 0 aliphatic carbocycles. The first kappa shape index (κ1) is 17.3. The van der Waals surface area contributed by atoms with Crippen molar-refractivity contribution in [3.05, 3.63) is 57.9 Å². The molecule has 128 valence electrons. The average Bonchev–Trinajstić information content (AvgIpc) is 3.23. The molecular formula is C18H17N3O2S2. The Hall–Kier alpha value is -2.51. The first-order valence-corrected chi connectivity index (χ1v) is 9.38. The van der Waals surface area contributed by atoms with Crippen molar-refractivity contribution in [2.75, 3.05) is 5.32 Å². The molecule has 0 bridgehead atoms. The van der Waals surface area contributed by atoms with Gasteiger partial charge in [-0.3, -0.25) is 9.59 Å². The van der Waals surface area contributed by atoms with E-state index in [0.29, 0.717) is 11.4 Å². The van der Waals surface area contributed by atoms with Crippen molar-refractivity contribution in [2.45, 2.75) is 20.4 Å². The zero-order chi connectivity index (χ0) is 17.8. The molecule has 2 amide bonds. The minimum absolute atomic E-state index is 0.108. The van der Waals surface area contributed by atoms with Crippen LogP contribution in [0.1, 0.15) is 27.9 Å². The van der Waals surface area contributed by atoms with Crippen LogP contribution in [0.3, 0.4) is 0 Å². The Morgan fingerprint density at radius 3 is 2.56 bits per heavy atom. The number of anilines is 1. The first-order valence-electron chi connectivity index (χ1n) is 7.69. The van der Waals surface area contributed by atoms with Crippen molar-refractivity contribution in [3.8, 4) is 9.88 Å². The van der Waals surface area contributed by atoms with Crippen LogP contribution in [-0.2, 0) is 11.3 Å². The highest BCUT2D eigenvalue weighted by atomic mass is 32.1. The number of hydrogen-bond acceptors (Lipinski definition) is 5. The molecule has 0 saturated carbocycles. The van der Waals surface area contributed by atoms with Crippen LogP contribution in [0.15, 0.2) is 41.8 Å². The average molecular weight is 371 g/mol. The van der Waals surface area contributed by atoms with Crippen LogP contribution in [0, 0.1) is 6.92 Å². The van der Waals surface area contributed by atoms with Crippen molar-refractivity contribution in [2.24, 2.45) is 0 Å². The van der Waals surface area contributed by atoms with E-state index in [0.717, 1.165) is 26.8 Å². The van der Waals surface area contributed by atoms with E-state index in [-0.39, 0.29) is 11.8 Å². The number of thiazole rings is 1. The maximum atomic E-state index is 12.4. The highest BCUT2D eigenvalue weighted by Gasteiger charge is 2.16. The number of aryl methyl sites for hydroxylation is 1. The molecule has 0 aliphatic heterocycles. The number of aromatic nitrogens is 1. The second-order valence-electron chi connectivity index (χ2n) is 5.47. The Kier molecular flexibility index (Phi) is 5.25. The number of benzene rings is 1. The van der Waals surface area contributed by atoms with Gasteiger partial charge in [0.1, 0.15) is 9.88 Å². The molecule has 5 nitrogen and oxygen atoms in total. The Bertz CT molecular complexity index is 884. The van der Waals surface area contributed by atoms with Gasteiger partial charge in [0.2, 0.25) is 5.91 Å². The van der Waals surface area contributed by atoms with Gasteiger partial charge in [-0.2, -0.15) is 0 Å². The summed E-state index contributed by atoms with van der Waals surface area (Å²) in [7, 11) is 0. The fourth-order valence-electron chi connectivity index (χ4n) is 2.28. The third kappa shape index (κ3) is 4.32. The largest absolute Gasteiger partial charge is 0.347 e. The second-order valence-corrected chi connectivity index (χ2v) is 7.42. The maximum Gasteiger partial charge on any atom is 0.263 e. The van der Waals surface area contributed by atoms with Crippen molar-refractivity contribution < 1.29 is 9.59 Å². The predicted octanol–water partition coefficient (Wildman–Crippen LogP) is 4.07. The van der Waals surface area contributed by atoms with Gasteiger partial charge < -0.3 is 10.6 Å². The Morgan fingerprint density at radius 2 is 1.92 bits per heavy atom. The van der Waals surface area contributed by atoms with Gasteiger partial charge in [0.15, 0.2) is 0 Å². The van der Waals surface area contributed by atoms with Gasteiger partial charge >= 0.3 is 0 Å². The molecule has 1 aromatic carbocycles. The van der Waals surface area contributed by atoms with Crippen molar-refractivity contribution in [1.82, 2.24) is 10.3 Å². The lowest BCUT2D eigenvalue weighted by atomic mass is 10.2. The maximum absolute atomic E-state index is 12.4. The van der Waals surface area contributed by atoms with Crippen molar-refractivity contribution in [3.63, 3.8) is 0 Å². The lowest BCUT2D eigenvalue weighted by Gasteiger charge is -2.06. The Morgan fingerprint density at radius 1 is 1.16 bits per heavy atom. The van der Waals surface area contributed by atoms with Gasteiger partial charge in [-0.15, -0.1) is 22.7 Å². The minimum Gasteiger partial charge on any atom is -0.347 e. The monoisotopic (exact) mass is 371 g/mol. The van der Waals surface area contributed by atoms with E-state index in [1.165, 1.54) is 18.3 Å². The third-order valence-electron chi connectivity index (χ3n) is 3.46. The molecule has 0 spiro atoms. The summed E-state index contributed by atoms with van der Waals surface area (Å²) in [4.78, 5) is 29.7. The van der Waals surface area contributed by atoms with Crippen molar-refractivity contribution >= 4 is 40.2 Å². The Labute approximate surface area is 153 Å². The Balaban J connectivity index is 1.64. The molecule has 0 aliphatic rings. The van der Waals surface area contributed by atoms with Crippen LogP contribution >= 0.6 is 22.7 Å². The molecule has 2 N–H and O–H groups in total. The standard InChI is InChI=1S/C18H17N3O2S2/c1-11-16(25-18(20-11)15-4-3-9-24-15)17(23)19-10-13-5-7-14(8-6-13)21-12(2)22/h3-9H,10H2,1-2H3,(H,19,23)(H,21,22). The quantitative estimate of drug-likeness (QED) is 0.710. The summed E-state index contributed by atoms with van der Waals surface area (Å²) < 4.78 is 0. The van der Waals surface area contributed by atoms with E-state index in [1.54, 1.807) is 11.3 Å². The summed E-state index contributed by atoms with van der Waals surface area (Å²) in [6.45, 7) is 3.74. The summed E-state index contributed by atoms with van der Waals surface area (Å²) >= 11 is 3.02. The van der Waals surface area contributed by atoms with Crippen molar-refractivity contribution in [1.29, 1.82) is 0 Å². The minimum atomic E-state index is -0.122. The smallest absolute Gasteiger partial charge is 0.263 e. The second kappa shape index (κ2) is 7.58. The predicted molar refractivity (Wildman–Crippen MR) is 102 cm³/mol. The molecular weight excluding hydrogens is 354 g/mol. The first-order chi connectivity index (χ1) is 12.0. The number of carbonyl (C=O) groups is 2. The van der Waals surface area contributed by atoms with Gasteiger partial charge in [0.25, 0.3) is 5.91 Å². The van der Waals surface area contributed by atoms with E-state index >= 15 is 0 Å². The normalized spacial score (nSPS) is 10.5. The van der Waals surface area contributed by atoms with Gasteiger partial charge in [0.05, 0.1) is 10.6 Å². The van der Waals surface area contributed by atoms with E-state index in [4.69, 9.17) is 0 Å². The lowest BCUT2D eigenvalue weighted by molar-refractivity contribution is -0.114. The van der Waals surface area contributed by atoms with Crippen LogP contribution in [0.2, 0.25) is 0 Å². The molecule has 3 aromatic rings. The van der Waals surface area contributed by atoms with Crippen LogP contribution < -0.4 is 10.6 Å². The summed E-state index contributed by atoms with van der Waals surface area (Å²) in [5.41, 5.74) is 2.44. The van der Waals surface area contributed by atoms with E-state index in [9.17, 15) is 9.59 Å². The fraction of sp³-hybridized carbons (Fsp3) is 0.167. The number of nitrogens with one attached hydrogen (secondary N) is 2. The summed E-state index contributed by atoms with van der Waals surface area (Å²) in [6.07, 6.45) is 0. The molecule has 2 heterocycles. The molecule has 0 saturated heterocycles. The molecule has 0 atom stereocenters. The van der Waals surface area contributed by atoms with Crippen LogP contribution in [0.5, 0.6) is 0 Å². The van der Waals surface area contributed by atoms with Crippen LogP contribution in [-0.4, -0.2) is 16.8 Å². The van der Waals surface area contributed by atoms with E-state index < -0.39 is 0 Å². The highest BCUT2D eigenvalue weighted by Crippen LogP contribution is 2.31. The van der Waals surface area contributed by atoms with Crippen LogP contribution in [0.4, 0.5) is 5.69 Å². The van der Waals surface area contributed by atoms with E-state index in [2.05, 4.69) is 15.6 Å². The number of hydrogen-bond donors (Lipinski definition) is 2. The zero-order valence-electron chi connectivity index (χ0n) is 13.8. The van der Waals surface area contributed by atoms with Gasteiger partial charge in [-0.05, 0) is 36.1 Å². The molecule has 25 heavy (non-hydrogen) atoms. The lowest BCUT2D eigenvalue weighted by Crippen LogP contribution is -2.22. The molecule has 3 rings (SSSR count). The number of nitrogens with zero attached hydrogens (tertiary/aromatic N) is 1. The van der Waals surface area contributed by atoms with Gasteiger partial charge in [-0.1, -0.05) is 18.2 Å². The molecule has 0 unspecified atom stereocenters. The number of carbonyl (C=O) groups excluding carboxylic acids is 2. The zero-order valence-corrected chi connectivity index (χ0v) is 15.5. The van der Waals surface area contributed by atoms with Crippen LogP contribution in [0.25, 0.3) is 9.88 Å². The number of thiophene rings is 1. The van der Waals surface area contributed by atoms with Gasteiger partial charge in [-0.25, -0.2) is 4.98 Å². The molecule has 0 radical (unpaired) electrons. The van der Waals surface area contributed by atoms with Gasteiger partial charge in [0, 0.05) is 19.2 Å². The van der Waals surface area contributed by atoms with E-state index in [1.807, 2.05) is 48.7 Å². The molecule has 2 aromatic heterocycles. The highest BCUT2D eigenvalue weighted by molar-refractivity contribution is 7.22. The molecule has 7 heteroatoms. The fourth-order valence-corrected chi connectivity index (χ4v) is 4.06. The summed E-state index contributed by atoms with van der Waals surface area (Å²) in [5.74, 6) is -0.230. The third-order valence-corrected chi connectivity index (χ3v) is 5.66. The summed E-state index contributed by atoms with van der Waals surface area (Å²) in [5, 5.41) is 8.51. The SMILES string of the molecule is CC(=O)Nc1ccc(CNC(=O)c2sc(-c3cccs3)nc2C)cc1. The topological polar surface area (TPSA) is 71.1 Å². The summed E-state index contributed by atoms with van der Waals surface area (Å²) in [6, 6.07) is 11.4. The number of amides is 2.